The molecule has 0 aliphatic heterocycles. The topological polar surface area (TPSA) is 421 Å². The van der Waals surface area contributed by atoms with E-state index in [1.807, 2.05) is 6.07 Å². The van der Waals surface area contributed by atoms with Crippen LogP contribution in [0.3, 0.4) is 0 Å². The van der Waals surface area contributed by atoms with Crippen molar-refractivity contribution in [2.45, 2.75) is 459 Å². The van der Waals surface area contributed by atoms with Crippen LogP contribution in [-0.2, 0) is 121 Å². The summed E-state index contributed by atoms with van der Waals surface area (Å²) >= 11 is 0. The van der Waals surface area contributed by atoms with E-state index >= 15 is 19.2 Å². The summed E-state index contributed by atoms with van der Waals surface area (Å²) in [6.45, 7) is 46.8. The van der Waals surface area contributed by atoms with Gasteiger partial charge in [-0.1, -0.05) is 36.8 Å². The van der Waals surface area contributed by atoms with Gasteiger partial charge in [-0.2, -0.15) is 0 Å². The van der Waals surface area contributed by atoms with E-state index in [1.165, 1.54) is 6.92 Å². The Morgan fingerprint density at radius 1 is 0.266 bits per heavy atom. The van der Waals surface area contributed by atoms with Crippen molar-refractivity contribution in [3.05, 3.63) is 35.9 Å². The minimum Gasteiger partial charge on any atom is -0.460 e. The van der Waals surface area contributed by atoms with E-state index in [0.29, 0.717) is 12.8 Å². The largest absolute Gasteiger partial charge is 0.460 e. The lowest BCUT2D eigenvalue weighted by molar-refractivity contribution is -0.158. The quantitative estimate of drug-likeness (QED) is 0.0200. The molecule has 31 heteroatoms. The first kappa shape index (κ1) is 113. The molecule has 0 aliphatic carbocycles. The van der Waals surface area contributed by atoms with Crippen LogP contribution in [0.15, 0.2) is 30.3 Å². The first-order chi connectivity index (χ1) is 56.4. The standard InChI is InChI=1S/C93H156N6O25/c1-64(95-80(114)115-63-65-35-31-29-32-36-65)79(113)94-62-34-30-33-37-66(100)96-90(50-38-67(101)97-91(53-41-70(104)116-81(2,3)4,54-42-71(105)117-82(5,6)7)55-43-72(106)118-83(8,9)10,51-39-68(102)98-92(56-44-73(107)119-84(11,12)13,57-45-74(108)120-85(14,15)16)58-46-75(109)121-86(17,18)19)52-40-69(103)99-93(59-47-76(110)122-87(20,21)22,60-48-77(111)123-88(23,24)25)61-49-78(112)124-89(26,27)28/h29,31-32,35-36,64H,30,33-34,37-63H2,1-28H3,(H,94,113)(H,95,114)(H,96,100)(H,97,101)(H,98,102)(H,99,103)/t64-/m1/s1. The zero-order valence-corrected chi connectivity index (χ0v) is 80.4. The molecule has 0 aliphatic rings. The zero-order chi connectivity index (χ0) is 95.4. The molecule has 0 spiro atoms. The molecule has 0 unspecified atom stereocenters. The lowest BCUT2D eigenvalue weighted by Crippen LogP contribution is -2.54. The second-order valence-corrected chi connectivity index (χ2v) is 41.6. The monoisotopic (exact) mass is 1760 g/mol. The molecule has 6 amide bonds. The van der Waals surface area contributed by atoms with Crippen LogP contribution in [-0.4, -0.2) is 175 Å². The van der Waals surface area contributed by atoms with Crippen molar-refractivity contribution in [2.24, 2.45) is 0 Å². The summed E-state index contributed by atoms with van der Waals surface area (Å²) in [6, 6.07) is 7.97. The Hall–Kier alpha value is -8.93. The molecular weight excluding hydrogens is 1600 g/mol. The molecule has 0 saturated carbocycles. The smallest absolute Gasteiger partial charge is 0.408 e. The Morgan fingerprint density at radius 2 is 0.468 bits per heavy atom. The number of ether oxygens (including phenoxy) is 10. The van der Waals surface area contributed by atoms with Crippen LogP contribution < -0.4 is 31.9 Å². The maximum absolute atomic E-state index is 15.6. The molecule has 0 heterocycles. The van der Waals surface area contributed by atoms with Crippen molar-refractivity contribution in [1.29, 1.82) is 0 Å². The van der Waals surface area contributed by atoms with E-state index < -0.39 is 206 Å². The average molecular weight is 1760 g/mol. The molecule has 1 atom stereocenters. The van der Waals surface area contributed by atoms with Crippen LogP contribution in [0.5, 0.6) is 0 Å². The highest BCUT2D eigenvalue weighted by molar-refractivity contribution is 5.85. The molecule has 708 valence electrons. The fourth-order valence-corrected chi connectivity index (χ4v) is 13.3. The number of alkyl carbamates (subject to hydrolysis) is 1. The fraction of sp³-hybridized carbons (Fsp3) is 0.774. The zero-order valence-electron chi connectivity index (χ0n) is 80.4. The Kier molecular flexibility index (Phi) is 45.4. The Balaban J connectivity index is 4.76. The SMILES string of the molecule is C[C@@H](NC(=O)OCc1ccccc1)C(=O)NCCCCCC(=O)NC(CCC(=O)NC(CCC(=O)OC(C)(C)C)(CCC(=O)OC(C)(C)C)CCC(=O)OC(C)(C)C)(CCC(=O)NC(CCC(=O)OC(C)(C)C)(CCC(=O)OC(C)(C)C)CCC(=O)OC(C)(C)C)CCC(=O)NC(CCC(=O)OC(C)(C)C)(CCC(=O)OC(C)(C)C)CCC(=O)OC(C)(C)C. The van der Waals surface area contributed by atoms with Crippen molar-refractivity contribution in [2.75, 3.05) is 6.54 Å². The van der Waals surface area contributed by atoms with Crippen molar-refractivity contribution >= 4 is 89.4 Å². The predicted molar refractivity (Wildman–Crippen MR) is 468 cm³/mol. The summed E-state index contributed by atoms with van der Waals surface area (Å²) in [5.74, 6) is -9.44. The summed E-state index contributed by atoms with van der Waals surface area (Å²) in [4.78, 5) is 212. The van der Waals surface area contributed by atoms with Crippen LogP contribution >= 0.6 is 0 Å². The van der Waals surface area contributed by atoms with Gasteiger partial charge in [0.15, 0.2) is 0 Å². The van der Waals surface area contributed by atoms with Gasteiger partial charge in [0.05, 0.1) is 0 Å². The van der Waals surface area contributed by atoms with Crippen molar-refractivity contribution in [3.63, 3.8) is 0 Å². The number of esters is 9. The van der Waals surface area contributed by atoms with Crippen LogP contribution in [0.4, 0.5) is 4.79 Å². The number of amides is 6. The molecule has 0 radical (unpaired) electrons. The molecule has 6 N–H and O–H groups in total. The number of nitrogens with one attached hydrogen (secondary N) is 6. The summed E-state index contributed by atoms with van der Waals surface area (Å²) in [5.41, 5.74) is -14.5. The van der Waals surface area contributed by atoms with Gasteiger partial charge in [-0.3, -0.25) is 67.1 Å². The Morgan fingerprint density at radius 3 is 0.677 bits per heavy atom. The molecule has 124 heavy (non-hydrogen) atoms. The van der Waals surface area contributed by atoms with Crippen molar-refractivity contribution in [3.8, 4) is 0 Å². The number of hydrogen-bond donors (Lipinski definition) is 6. The van der Waals surface area contributed by atoms with Gasteiger partial charge < -0.3 is 79.3 Å². The highest BCUT2D eigenvalue weighted by atomic mass is 16.6. The minimum absolute atomic E-state index is 0.0277. The first-order valence-corrected chi connectivity index (χ1v) is 43.8. The number of carbonyl (C=O) groups excluding carboxylic acids is 15. The number of carbonyl (C=O) groups is 15. The van der Waals surface area contributed by atoms with E-state index in [1.54, 1.807) is 211 Å². The van der Waals surface area contributed by atoms with Gasteiger partial charge in [-0.15, -0.1) is 0 Å². The van der Waals surface area contributed by atoms with Crippen molar-refractivity contribution in [1.82, 2.24) is 31.9 Å². The van der Waals surface area contributed by atoms with Crippen LogP contribution in [0, 0.1) is 0 Å². The molecule has 1 aromatic rings. The summed E-state index contributed by atoms with van der Waals surface area (Å²) < 4.78 is 57.0. The van der Waals surface area contributed by atoms with Crippen molar-refractivity contribution < 1.29 is 119 Å². The van der Waals surface area contributed by atoms with E-state index in [9.17, 15) is 52.7 Å². The summed E-state index contributed by atoms with van der Waals surface area (Å²) in [5, 5.41) is 17.8. The van der Waals surface area contributed by atoms with Crippen LogP contribution in [0.1, 0.15) is 379 Å². The second kappa shape index (κ2) is 49.8. The van der Waals surface area contributed by atoms with Crippen LogP contribution in [0.2, 0.25) is 0 Å². The fourth-order valence-electron chi connectivity index (χ4n) is 13.3. The molecule has 0 saturated heterocycles. The van der Waals surface area contributed by atoms with Gasteiger partial charge in [-0.25, -0.2) is 4.79 Å². The van der Waals surface area contributed by atoms with E-state index in [4.69, 9.17) is 47.4 Å². The minimum atomic E-state index is -1.83. The van der Waals surface area contributed by atoms with Crippen LogP contribution in [0.25, 0.3) is 0 Å². The maximum Gasteiger partial charge on any atom is 0.408 e. The summed E-state index contributed by atoms with van der Waals surface area (Å²) in [7, 11) is 0. The van der Waals surface area contributed by atoms with Gasteiger partial charge in [0.1, 0.15) is 63.1 Å². The molecule has 31 nitrogen and oxygen atoms in total. The third-order valence-electron chi connectivity index (χ3n) is 18.5. The first-order valence-electron chi connectivity index (χ1n) is 43.8. The lowest BCUT2D eigenvalue weighted by Gasteiger charge is -2.39. The van der Waals surface area contributed by atoms with E-state index in [0.717, 1.165) is 5.56 Å². The van der Waals surface area contributed by atoms with E-state index in [2.05, 4.69) is 31.9 Å². The number of benzene rings is 1. The normalized spacial score (nSPS) is 13.0. The molecule has 1 rings (SSSR count). The molecular formula is C93H156N6O25. The Labute approximate surface area is 738 Å². The highest BCUT2D eigenvalue weighted by Crippen LogP contribution is 2.36. The third-order valence-corrected chi connectivity index (χ3v) is 18.5. The lowest BCUT2D eigenvalue weighted by atomic mass is 9.80. The van der Waals surface area contributed by atoms with Gasteiger partial charge in [-0.05, 0) is 289 Å². The third kappa shape index (κ3) is 56.8. The molecule has 0 aromatic heterocycles. The van der Waals surface area contributed by atoms with Gasteiger partial charge in [0.2, 0.25) is 29.5 Å². The number of hydrogen-bond acceptors (Lipinski definition) is 25. The number of unbranched alkanes of at least 4 members (excludes halogenated alkanes) is 2. The molecule has 0 fully saturated rings. The molecule has 0 bridgehead atoms. The average Bonchev–Trinajstić information content (AvgIpc) is 0.819. The second-order valence-electron chi connectivity index (χ2n) is 41.6. The predicted octanol–water partition coefficient (Wildman–Crippen LogP) is 14.8. The van der Waals surface area contributed by atoms with Gasteiger partial charge >= 0.3 is 59.8 Å². The van der Waals surface area contributed by atoms with E-state index in [-0.39, 0.29) is 142 Å². The highest BCUT2D eigenvalue weighted by Gasteiger charge is 2.43. The molecule has 1 aromatic carbocycles. The number of rotatable bonds is 50. The van der Waals surface area contributed by atoms with Gasteiger partial charge in [0, 0.05) is 112 Å². The Bertz CT molecular complexity index is 3130. The summed E-state index contributed by atoms with van der Waals surface area (Å²) in [6.07, 6.45) is -7.75. The maximum atomic E-state index is 15.6. The van der Waals surface area contributed by atoms with Gasteiger partial charge in [0.25, 0.3) is 0 Å².